The number of nitrogens with zero attached hydrogens (tertiary/aromatic N) is 1. The summed E-state index contributed by atoms with van der Waals surface area (Å²) in [4.78, 5) is 3.81. The first-order valence-corrected chi connectivity index (χ1v) is 5.13. The molecule has 0 aliphatic heterocycles. The van der Waals surface area contributed by atoms with Crippen LogP contribution in [0.25, 0.3) is 0 Å². The normalized spacial score (nSPS) is 12.7. The molecule has 0 radical (unpaired) electrons. The fourth-order valence-corrected chi connectivity index (χ4v) is 1.31. The fourth-order valence-electron chi connectivity index (χ4n) is 1.31. The van der Waals surface area contributed by atoms with Gasteiger partial charge in [-0.15, -0.1) is 0 Å². The van der Waals surface area contributed by atoms with E-state index in [1.54, 1.807) is 6.20 Å². The van der Waals surface area contributed by atoms with Crippen molar-refractivity contribution in [2.75, 3.05) is 20.3 Å². The van der Waals surface area contributed by atoms with Gasteiger partial charge in [-0.1, -0.05) is 6.92 Å². The standard InChI is InChI=1S/C11H17FN2O/c1-3-4-15-8-11(13-2)9-5-10(12)7-14-6-9/h5-7,11,13H,3-4,8H2,1-2H3. The van der Waals surface area contributed by atoms with Crippen molar-refractivity contribution in [3.05, 3.63) is 29.8 Å². The zero-order valence-corrected chi connectivity index (χ0v) is 9.16. The molecule has 84 valence electrons. The molecular formula is C11H17FN2O. The quantitative estimate of drug-likeness (QED) is 0.731. The van der Waals surface area contributed by atoms with E-state index in [0.29, 0.717) is 6.61 Å². The predicted octanol–water partition coefficient (Wildman–Crippen LogP) is 1.91. The first-order valence-electron chi connectivity index (χ1n) is 5.13. The highest BCUT2D eigenvalue weighted by Crippen LogP contribution is 2.12. The minimum atomic E-state index is -0.316. The molecule has 1 heterocycles. The number of halogens is 1. The second-order valence-corrected chi connectivity index (χ2v) is 3.35. The van der Waals surface area contributed by atoms with Gasteiger partial charge in [-0.3, -0.25) is 4.98 Å². The fraction of sp³-hybridized carbons (Fsp3) is 0.545. The molecule has 3 nitrogen and oxygen atoms in total. The second kappa shape index (κ2) is 6.48. The number of nitrogens with one attached hydrogen (secondary N) is 1. The van der Waals surface area contributed by atoms with E-state index in [-0.39, 0.29) is 11.9 Å². The van der Waals surface area contributed by atoms with Crippen LogP contribution in [-0.2, 0) is 4.74 Å². The SMILES string of the molecule is CCCOCC(NC)c1cncc(F)c1. The zero-order valence-electron chi connectivity index (χ0n) is 9.16. The van der Waals surface area contributed by atoms with Crippen LogP contribution in [0.2, 0.25) is 0 Å². The van der Waals surface area contributed by atoms with Gasteiger partial charge in [0.15, 0.2) is 0 Å². The number of hydrogen-bond acceptors (Lipinski definition) is 3. The van der Waals surface area contributed by atoms with E-state index in [1.807, 2.05) is 7.05 Å². The molecule has 4 heteroatoms. The highest BCUT2D eigenvalue weighted by Gasteiger charge is 2.10. The largest absolute Gasteiger partial charge is 0.379 e. The van der Waals surface area contributed by atoms with E-state index < -0.39 is 0 Å². The number of hydrogen-bond donors (Lipinski definition) is 1. The number of aromatic nitrogens is 1. The van der Waals surface area contributed by atoms with Crippen LogP contribution in [0.5, 0.6) is 0 Å². The minimum Gasteiger partial charge on any atom is -0.379 e. The molecule has 1 N–H and O–H groups in total. The summed E-state index contributed by atoms with van der Waals surface area (Å²) < 4.78 is 18.3. The van der Waals surface area contributed by atoms with Crippen molar-refractivity contribution in [3.63, 3.8) is 0 Å². The van der Waals surface area contributed by atoms with Crippen LogP contribution in [0, 0.1) is 5.82 Å². The average Bonchev–Trinajstić information content (AvgIpc) is 2.24. The van der Waals surface area contributed by atoms with Gasteiger partial charge in [0.2, 0.25) is 0 Å². The lowest BCUT2D eigenvalue weighted by Gasteiger charge is -2.16. The summed E-state index contributed by atoms with van der Waals surface area (Å²) in [6, 6.07) is 1.48. The van der Waals surface area contributed by atoms with E-state index in [9.17, 15) is 4.39 Å². The lowest BCUT2D eigenvalue weighted by molar-refractivity contribution is 0.114. The van der Waals surface area contributed by atoms with E-state index >= 15 is 0 Å². The Morgan fingerprint density at radius 1 is 1.53 bits per heavy atom. The van der Waals surface area contributed by atoms with Crippen LogP contribution in [0.3, 0.4) is 0 Å². The molecular weight excluding hydrogens is 195 g/mol. The summed E-state index contributed by atoms with van der Waals surface area (Å²) in [6.07, 6.45) is 3.83. The summed E-state index contributed by atoms with van der Waals surface area (Å²) in [5, 5.41) is 3.07. The molecule has 0 saturated carbocycles. The Hall–Kier alpha value is -1.00. The zero-order chi connectivity index (χ0) is 11.1. The molecule has 0 aromatic carbocycles. The van der Waals surface area contributed by atoms with Gasteiger partial charge in [0.25, 0.3) is 0 Å². The minimum absolute atomic E-state index is 0.000231. The van der Waals surface area contributed by atoms with Gasteiger partial charge in [0.05, 0.1) is 18.8 Å². The van der Waals surface area contributed by atoms with Crippen molar-refractivity contribution >= 4 is 0 Å². The van der Waals surface area contributed by atoms with Crippen molar-refractivity contribution in [2.45, 2.75) is 19.4 Å². The molecule has 0 fully saturated rings. The van der Waals surface area contributed by atoms with Gasteiger partial charge in [-0.05, 0) is 25.1 Å². The Morgan fingerprint density at radius 3 is 2.93 bits per heavy atom. The van der Waals surface area contributed by atoms with Gasteiger partial charge in [0, 0.05) is 12.8 Å². The van der Waals surface area contributed by atoms with Gasteiger partial charge >= 0.3 is 0 Å². The first kappa shape index (κ1) is 12.1. The molecule has 0 spiro atoms. The average molecular weight is 212 g/mol. The third kappa shape index (κ3) is 3.93. The van der Waals surface area contributed by atoms with Crippen molar-refractivity contribution < 1.29 is 9.13 Å². The van der Waals surface area contributed by atoms with E-state index in [0.717, 1.165) is 18.6 Å². The van der Waals surface area contributed by atoms with Gasteiger partial charge in [0.1, 0.15) is 5.82 Å². The van der Waals surface area contributed by atoms with Gasteiger partial charge in [-0.25, -0.2) is 4.39 Å². The number of ether oxygens (including phenoxy) is 1. The van der Waals surface area contributed by atoms with E-state index in [4.69, 9.17) is 4.74 Å². The van der Waals surface area contributed by atoms with Gasteiger partial charge < -0.3 is 10.1 Å². The molecule has 1 atom stereocenters. The van der Waals surface area contributed by atoms with E-state index in [1.165, 1.54) is 12.3 Å². The topological polar surface area (TPSA) is 34.1 Å². The number of rotatable bonds is 6. The van der Waals surface area contributed by atoms with Crippen LogP contribution in [-0.4, -0.2) is 25.2 Å². The van der Waals surface area contributed by atoms with Crippen LogP contribution >= 0.6 is 0 Å². The van der Waals surface area contributed by atoms with Crippen LogP contribution in [0.1, 0.15) is 24.9 Å². The summed E-state index contributed by atoms with van der Waals surface area (Å²) in [5.74, 6) is -0.316. The lowest BCUT2D eigenvalue weighted by Crippen LogP contribution is -2.22. The Morgan fingerprint density at radius 2 is 2.33 bits per heavy atom. The molecule has 1 aromatic rings. The third-order valence-electron chi connectivity index (χ3n) is 2.11. The summed E-state index contributed by atoms with van der Waals surface area (Å²) in [5.41, 5.74) is 0.814. The molecule has 0 saturated heterocycles. The lowest BCUT2D eigenvalue weighted by atomic mass is 10.1. The highest BCUT2D eigenvalue weighted by molar-refractivity contribution is 5.14. The van der Waals surface area contributed by atoms with Crippen molar-refractivity contribution in [2.24, 2.45) is 0 Å². The Balaban J connectivity index is 2.57. The van der Waals surface area contributed by atoms with Gasteiger partial charge in [-0.2, -0.15) is 0 Å². The molecule has 1 aromatic heterocycles. The van der Waals surface area contributed by atoms with Crippen LogP contribution in [0.4, 0.5) is 4.39 Å². The Bertz CT molecular complexity index is 294. The maximum atomic E-state index is 12.9. The summed E-state index contributed by atoms with van der Waals surface area (Å²) in [6.45, 7) is 3.31. The smallest absolute Gasteiger partial charge is 0.141 e. The third-order valence-corrected chi connectivity index (χ3v) is 2.11. The van der Waals surface area contributed by atoms with Crippen molar-refractivity contribution in [1.29, 1.82) is 0 Å². The first-order chi connectivity index (χ1) is 7.27. The number of pyridine rings is 1. The van der Waals surface area contributed by atoms with Crippen molar-refractivity contribution in [1.82, 2.24) is 10.3 Å². The molecule has 0 bridgehead atoms. The van der Waals surface area contributed by atoms with E-state index in [2.05, 4.69) is 17.2 Å². The summed E-state index contributed by atoms with van der Waals surface area (Å²) >= 11 is 0. The molecule has 0 aliphatic carbocycles. The Labute approximate surface area is 89.7 Å². The summed E-state index contributed by atoms with van der Waals surface area (Å²) in [7, 11) is 1.82. The van der Waals surface area contributed by atoms with Crippen molar-refractivity contribution in [3.8, 4) is 0 Å². The maximum Gasteiger partial charge on any atom is 0.141 e. The second-order valence-electron chi connectivity index (χ2n) is 3.35. The molecule has 1 rings (SSSR count). The molecule has 1 unspecified atom stereocenters. The molecule has 15 heavy (non-hydrogen) atoms. The maximum absolute atomic E-state index is 12.9. The Kier molecular flexibility index (Phi) is 5.21. The molecule has 0 aliphatic rings. The highest BCUT2D eigenvalue weighted by atomic mass is 19.1. The predicted molar refractivity (Wildman–Crippen MR) is 57.1 cm³/mol. The van der Waals surface area contributed by atoms with Crippen LogP contribution in [0.15, 0.2) is 18.5 Å². The van der Waals surface area contributed by atoms with Crippen LogP contribution < -0.4 is 5.32 Å². The molecule has 0 amide bonds. The number of likely N-dealkylation sites (N-methyl/N-ethyl adjacent to an activating group) is 1. The monoisotopic (exact) mass is 212 g/mol.